The first-order valence-electron chi connectivity index (χ1n) is 9.33. The molecule has 3 rings (SSSR count). The van der Waals surface area contributed by atoms with E-state index in [4.69, 9.17) is 4.74 Å². The van der Waals surface area contributed by atoms with Gasteiger partial charge in [0.1, 0.15) is 17.0 Å². The van der Waals surface area contributed by atoms with Crippen LogP contribution in [0.4, 0.5) is 5.69 Å². The molecule has 2 aromatic carbocycles. The number of aromatic amines is 1. The topological polar surface area (TPSA) is 110 Å². The summed E-state index contributed by atoms with van der Waals surface area (Å²) in [5.41, 5.74) is 4.37. The number of ether oxygens (including phenoxy) is 1. The molecule has 3 aromatic rings. The van der Waals surface area contributed by atoms with E-state index in [1.165, 1.54) is 12.3 Å². The molecule has 8 nitrogen and oxygen atoms in total. The smallest absolute Gasteiger partial charge is 0.293 e. The highest BCUT2D eigenvalue weighted by molar-refractivity contribution is 6.03. The van der Waals surface area contributed by atoms with E-state index in [0.29, 0.717) is 23.1 Å². The van der Waals surface area contributed by atoms with Crippen LogP contribution >= 0.6 is 0 Å². The van der Waals surface area contributed by atoms with Crippen LogP contribution in [-0.2, 0) is 0 Å². The number of nitro groups is 1. The van der Waals surface area contributed by atoms with Gasteiger partial charge < -0.3 is 9.72 Å². The van der Waals surface area contributed by atoms with E-state index >= 15 is 0 Å². The zero-order valence-corrected chi connectivity index (χ0v) is 16.3. The Bertz CT molecular complexity index is 1050. The highest BCUT2D eigenvalue weighted by atomic mass is 16.6. The number of aromatic nitrogens is 1. The third-order valence-electron chi connectivity index (χ3n) is 4.52. The zero-order chi connectivity index (χ0) is 20.8. The lowest BCUT2D eigenvalue weighted by molar-refractivity contribution is -0.383. The van der Waals surface area contributed by atoms with Gasteiger partial charge >= 0.3 is 0 Å². The number of carbonyl (C=O) groups excluding carboxylic acids is 1. The molecule has 1 heterocycles. The minimum atomic E-state index is -0.478. The number of hydrogen-bond donors (Lipinski definition) is 2. The molecule has 0 spiro atoms. The number of para-hydroxylation sites is 1. The van der Waals surface area contributed by atoms with Crippen molar-refractivity contribution in [3.05, 3.63) is 69.4 Å². The van der Waals surface area contributed by atoms with Crippen molar-refractivity contribution in [3.63, 3.8) is 0 Å². The van der Waals surface area contributed by atoms with Gasteiger partial charge in [-0.15, -0.1) is 0 Å². The van der Waals surface area contributed by atoms with Crippen molar-refractivity contribution < 1.29 is 14.5 Å². The van der Waals surface area contributed by atoms with E-state index in [2.05, 4.69) is 22.4 Å². The molecule has 0 saturated heterocycles. The van der Waals surface area contributed by atoms with Gasteiger partial charge in [0.05, 0.1) is 17.7 Å². The number of nitro benzene ring substituents is 1. The summed E-state index contributed by atoms with van der Waals surface area (Å²) in [6.45, 7) is 4.52. The Morgan fingerprint density at radius 1 is 1.28 bits per heavy atom. The second-order valence-corrected chi connectivity index (χ2v) is 6.55. The summed E-state index contributed by atoms with van der Waals surface area (Å²) in [7, 11) is 0. The third kappa shape index (κ3) is 4.60. The van der Waals surface area contributed by atoms with E-state index in [1.54, 1.807) is 19.1 Å². The van der Waals surface area contributed by atoms with Crippen LogP contribution in [0, 0.1) is 17.0 Å². The summed E-state index contributed by atoms with van der Waals surface area (Å²) < 4.78 is 5.60. The van der Waals surface area contributed by atoms with Crippen molar-refractivity contribution in [2.75, 3.05) is 6.61 Å². The molecule has 0 aliphatic carbocycles. The van der Waals surface area contributed by atoms with Gasteiger partial charge in [0.2, 0.25) is 0 Å². The van der Waals surface area contributed by atoms with Gasteiger partial charge in [-0.1, -0.05) is 25.5 Å². The largest absolute Gasteiger partial charge is 0.494 e. The predicted octanol–water partition coefficient (Wildman–Crippen LogP) is 4.33. The van der Waals surface area contributed by atoms with Crippen molar-refractivity contribution in [2.45, 2.75) is 26.7 Å². The molecule has 1 aromatic heterocycles. The van der Waals surface area contributed by atoms with Crippen molar-refractivity contribution in [3.8, 4) is 5.75 Å². The Morgan fingerprint density at radius 3 is 2.72 bits per heavy atom. The van der Waals surface area contributed by atoms with E-state index in [1.807, 2.05) is 24.3 Å². The summed E-state index contributed by atoms with van der Waals surface area (Å²) in [6, 6.07) is 12.1. The quantitative estimate of drug-likeness (QED) is 0.256. The van der Waals surface area contributed by atoms with E-state index in [-0.39, 0.29) is 11.4 Å². The van der Waals surface area contributed by atoms with E-state index in [9.17, 15) is 14.9 Å². The SMILES string of the molecule is CCCCOc1ccc(/C=N/NC(=O)c2[nH]c3c([N+](=O)[O-])cccc3c2C)cc1. The summed E-state index contributed by atoms with van der Waals surface area (Å²) in [6.07, 6.45) is 3.60. The predicted molar refractivity (Wildman–Crippen MR) is 112 cm³/mol. The lowest BCUT2D eigenvalue weighted by Crippen LogP contribution is -2.19. The molecule has 0 radical (unpaired) electrons. The van der Waals surface area contributed by atoms with Gasteiger partial charge in [-0.3, -0.25) is 14.9 Å². The maximum atomic E-state index is 12.5. The van der Waals surface area contributed by atoms with E-state index in [0.717, 1.165) is 24.2 Å². The Kier molecular flexibility index (Phi) is 6.23. The first-order chi connectivity index (χ1) is 14.0. The maximum Gasteiger partial charge on any atom is 0.293 e. The van der Waals surface area contributed by atoms with Crippen LogP contribution in [0.15, 0.2) is 47.6 Å². The minimum absolute atomic E-state index is 0.0746. The number of amides is 1. The fraction of sp³-hybridized carbons (Fsp3) is 0.238. The Balaban J connectivity index is 1.68. The number of rotatable bonds is 8. The van der Waals surface area contributed by atoms with Crippen LogP contribution < -0.4 is 10.2 Å². The molecule has 29 heavy (non-hydrogen) atoms. The van der Waals surface area contributed by atoms with Crippen LogP contribution in [-0.4, -0.2) is 28.6 Å². The lowest BCUT2D eigenvalue weighted by Gasteiger charge is -2.04. The minimum Gasteiger partial charge on any atom is -0.494 e. The molecule has 0 aliphatic heterocycles. The molecule has 0 unspecified atom stereocenters. The first-order valence-corrected chi connectivity index (χ1v) is 9.33. The van der Waals surface area contributed by atoms with Crippen molar-refractivity contribution in [2.24, 2.45) is 5.10 Å². The molecule has 0 saturated carbocycles. The standard InChI is InChI=1S/C21H22N4O4/c1-3-4-12-29-16-10-8-15(9-11-16)13-22-24-21(26)19-14(2)17-6-5-7-18(25(27)28)20(17)23-19/h5-11,13,23H,3-4,12H2,1-2H3,(H,24,26)/b22-13+. The summed E-state index contributed by atoms with van der Waals surface area (Å²) in [5, 5.41) is 15.8. The first kappa shape index (κ1) is 20.1. The number of aryl methyl sites for hydroxylation is 1. The number of hydrazone groups is 1. The summed E-state index contributed by atoms with van der Waals surface area (Å²) in [5.74, 6) is 0.318. The third-order valence-corrected chi connectivity index (χ3v) is 4.52. The number of H-pyrrole nitrogens is 1. The number of hydrogen-bond acceptors (Lipinski definition) is 5. The molecule has 1 amide bonds. The Hall–Kier alpha value is -3.68. The van der Waals surface area contributed by atoms with E-state index < -0.39 is 10.8 Å². The van der Waals surface area contributed by atoms with Gasteiger partial charge in [-0.25, -0.2) is 5.43 Å². The van der Waals surface area contributed by atoms with Crippen LogP contribution in [0.5, 0.6) is 5.75 Å². The fourth-order valence-electron chi connectivity index (χ4n) is 2.92. The maximum absolute atomic E-state index is 12.5. The summed E-state index contributed by atoms with van der Waals surface area (Å²) in [4.78, 5) is 26.0. The second kappa shape index (κ2) is 9.01. The number of nitrogens with one attached hydrogen (secondary N) is 2. The number of non-ortho nitro benzene ring substituents is 1. The van der Waals surface area contributed by atoms with Crippen molar-refractivity contribution >= 4 is 28.7 Å². The number of benzene rings is 2. The molecule has 0 fully saturated rings. The van der Waals surface area contributed by atoms with Gasteiger partial charge in [-0.2, -0.15) is 5.10 Å². The Morgan fingerprint density at radius 2 is 2.03 bits per heavy atom. The lowest BCUT2D eigenvalue weighted by atomic mass is 10.1. The molecule has 8 heteroatoms. The average Bonchev–Trinajstić information content (AvgIpc) is 3.06. The highest BCUT2D eigenvalue weighted by Gasteiger charge is 2.20. The monoisotopic (exact) mass is 394 g/mol. The number of fused-ring (bicyclic) bond motifs is 1. The molecule has 0 aliphatic rings. The number of nitrogens with zero attached hydrogens (tertiary/aromatic N) is 2. The molecular formula is C21H22N4O4. The van der Waals surface area contributed by atoms with Crippen molar-refractivity contribution in [1.82, 2.24) is 10.4 Å². The highest BCUT2D eigenvalue weighted by Crippen LogP contribution is 2.29. The fourth-order valence-corrected chi connectivity index (χ4v) is 2.92. The van der Waals surface area contributed by atoms with Gasteiger partial charge in [0.25, 0.3) is 11.6 Å². The molecule has 0 atom stereocenters. The molecule has 2 N–H and O–H groups in total. The number of carbonyl (C=O) groups is 1. The van der Waals surface area contributed by atoms with Crippen LogP contribution in [0.25, 0.3) is 10.9 Å². The molecule has 0 bridgehead atoms. The van der Waals surface area contributed by atoms with Crippen LogP contribution in [0.3, 0.4) is 0 Å². The van der Waals surface area contributed by atoms with Gasteiger partial charge in [0, 0.05) is 11.5 Å². The Labute approximate surface area is 167 Å². The zero-order valence-electron chi connectivity index (χ0n) is 16.3. The van der Waals surface area contributed by atoms with Crippen LogP contribution in [0.1, 0.15) is 41.4 Å². The second-order valence-electron chi connectivity index (χ2n) is 6.55. The molecule has 150 valence electrons. The van der Waals surface area contributed by atoms with Gasteiger partial charge in [0.15, 0.2) is 0 Å². The summed E-state index contributed by atoms with van der Waals surface area (Å²) >= 11 is 0. The average molecular weight is 394 g/mol. The normalized spacial score (nSPS) is 11.1. The van der Waals surface area contributed by atoms with Crippen LogP contribution in [0.2, 0.25) is 0 Å². The molecular weight excluding hydrogens is 372 g/mol. The van der Waals surface area contributed by atoms with Gasteiger partial charge in [-0.05, 0) is 48.7 Å². The number of unbranched alkanes of at least 4 members (excludes halogenated alkanes) is 1. The van der Waals surface area contributed by atoms with Crippen molar-refractivity contribution in [1.29, 1.82) is 0 Å².